The van der Waals surface area contributed by atoms with Crippen LogP contribution in [0.2, 0.25) is 0 Å². The van der Waals surface area contributed by atoms with Gasteiger partial charge in [-0.2, -0.15) is 0 Å². The van der Waals surface area contributed by atoms with E-state index in [9.17, 15) is 4.79 Å². The van der Waals surface area contributed by atoms with E-state index in [-0.39, 0.29) is 23.0 Å². The first-order valence-corrected chi connectivity index (χ1v) is 6.93. The van der Waals surface area contributed by atoms with Crippen molar-refractivity contribution in [2.24, 2.45) is 12.5 Å². The van der Waals surface area contributed by atoms with E-state index in [0.717, 1.165) is 12.2 Å². The van der Waals surface area contributed by atoms with Crippen molar-refractivity contribution in [2.45, 2.75) is 59.5 Å². The number of nitrogens with one attached hydrogen (secondary N) is 2. The topological polar surface area (TPSA) is 71.8 Å². The number of amides is 2. The molecule has 6 heteroatoms. The zero-order chi connectivity index (χ0) is 15.6. The Hall–Kier alpha value is -1.59. The van der Waals surface area contributed by atoms with E-state index >= 15 is 0 Å². The standard InChI is InChI=1S/C14H27N5O/c1-10(11-18-15-9-19(11)7)16-12(20)17-14(5,6)8-13(2,3)4/h9-10H,8H2,1-7H3,(H2,16,17,20). The van der Waals surface area contributed by atoms with Crippen LogP contribution in [0.5, 0.6) is 0 Å². The molecule has 0 aromatic carbocycles. The lowest BCUT2D eigenvalue weighted by molar-refractivity contribution is 0.207. The highest BCUT2D eigenvalue weighted by Crippen LogP contribution is 2.26. The molecule has 0 aliphatic heterocycles. The molecule has 1 aromatic heterocycles. The predicted molar refractivity (Wildman–Crippen MR) is 79.2 cm³/mol. The molecule has 2 amide bonds. The van der Waals surface area contributed by atoms with Crippen LogP contribution in [-0.2, 0) is 7.05 Å². The second-order valence-corrected chi connectivity index (χ2v) is 7.24. The molecule has 0 saturated heterocycles. The third-order valence-corrected chi connectivity index (χ3v) is 2.91. The van der Waals surface area contributed by atoms with Crippen molar-refractivity contribution in [2.75, 3.05) is 0 Å². The lowest BCUT2D eigenvalue weighted by Gasteiger charge is -2.33. The third-order valence-electron chi connectivity index (χ3n) is 2.91. The molecule has 0 spiro atoms. The van der Waals surface area contributed by atoms with Crippen molar-refractivity contribution in [3.63, 3.8) is 0 Å². The molecule has 0 fully saturated rings. The van der Waals surface area contributed by atoms with Crippen molar-refractivity contribution < 1.29 is 4.79 Å². The molecular weight excluding hydrogens is 254 g/mol. The van der Waals surface area contributed by atoms with Gasteiger partial charge in [-0.25, -0.2) is 4.79 Å². The van der Waals surface area contributed by atoms with Crippen LogP contribution in [-0.4, -0.2) is 26.3 Å². The molecule has 20 heavy (non-hydrogen) atoms. The number of hydrogen-bond donors (Lipinski definition) is 2. The minimum Gasteiger partial charge on any atom is -0.333 e. The fraction of sp³-hybridized carbons (Fsp3) is 0.786. The van der Waals surface area contributed by atoms with E-state index in [0.29, 0.717) is 0 Å². The molecule has 1 heterocycles. The summed E-state index contributed by atoms with van der Waals surface area (Å²) < 4.78 is 1.80. The minimum atomic E-state index is -0.262. The Bertz CT molecular complexity index is 458. The maximum atomic E-state index is 12.1. The summed E-state index contributed by atoms with van der Waals surface area (Å²) in [6.07, 6.45) is 2.51. The average molecular weight is 281 g/mol. The van der Waals surface area contributed by atoms with Gasteiger partial charge < -0.3 is 15.2 Å². The van der Waals surface area contributed by atoms with Crippen LogP contribution in [0.1, 0.15) is 59.8 Å². The summed E-state index contributed by atoms with van der Waals surface area (Å²) in [6, 6.07) is -0.373. The lowest BCUT2D eigenvalue weighted by atomic mass is 9.82. The van der Waals surface area contributed by atoms with E-state index in [2.05, 4.69) is 41.6 Å². The number of aryl methyl sites for hydroxylation is 1. The Morgan fingerprint density at radius 1 is 1.35 bits per heavy atom. The zero-order valence-corrected chi connectivity index (χ0v) is 13.6. The second kappa shape index (κ2) is 5.81. The highest BCUT2D eigenvalue weighted by molar-refractivity contribution is 5.75. The van der Waals surface area contributed by atoms with E-state index in [1.807, 2.05) is 27.8 Å². The largest absolute Gasteiger partial charge is 0.333 e. The summed E-state index contributed by atoms with van der Waals surface area (Å²) in [5, 5.41) is 13.7. The molecule has 0 saturated carbocycles. The molecule has 0 aliphatic rings. The number of aromatic nitrogens is 3. The molecule has 6 nitrogen and oxygen atoms in total. The van der Waals surface area contributed by atoms with Gasteiger partial charge in [-0.1, -0.05) is 20.8 Å². The highest BCUT2D eigenvalue weighted by Gasteiger charge is 2.27. The van der Waals surface area contributed by atoms with Gasteiger partial charge in [0.05, 0.1) is 6.04 Å². The van der Waals surface area contributed by atoms with E-state index in [1.54, 1.807) is 10.9 Å². The summed E-state index contributed by atoms with van der Waals surface area (Å²) in [4.78, 5) is 12.1. The Balaban J connectivity index is 2.57. The fourth-order valence-corrected chi connectivity index (χ4v) is 2.66. The SMILES string of the molecule is CC(NC(=O)NC(C)(C)CC(C)(C)C)c1nncn1C. The van der Waals surface area contributed by atoms with Crippen molar-refractivity contribution in [1.82, 2.24) is 25.4 Å². The van der Waals surface area contributed by atoms with Crippen LogP contribution in [0.15, 0.2) is 6.33 Å². The summed E-state index contributed by atoms with van der Waals surface area (Å²) in [5.74, 6) is 0.730. The van der Waals surface area contributed by atoms with Crippen molar-refractivity contribution in [3.8, 4) is 0 Å². The third kappa shape index (κ3) is 5.19. The van der Waals surface area contributed by atoms with Crippen LogP contribution in [0.25, 0.3) is 0 Å². The summed E-state index contributed by atoms with van der Waals surface area (Å²) in [6.45, 7) is 12.4. The normalized spacial score (nSPS) is 13.9. The van der Waals surface area contributed by atoms with Gasteiger partial charge in [0.25, 0.3) is 0 Å². The molecule has 2 N–H and O–H groups in total. The monoisotopic (exact) mass is 281 g/mol. The van der Waals surface area contributed by atoms with Gasteiger partial charge in [-0.15, -0.1) is 10.2 Å². The van der Waals surface area contributed by atoms with E-state index in [1.165, 1.54) is 0 Å². The number of urea groups is 1. The number of hydrogen-bond acceptors (Lipinski definition) is 3. The Kier molecular flexibility index (Phi) is 4.78. The summed E-state index contributed by atoms with van der Waals surface area (Å²) in [7, 11) is 1.86. The average Bonchev–Trinajstić information content (AvgIpc) is 2.58. The molecule has 0 aliphatic carbocycles. The smallest absolute Gasteiger partial charge is 0.315 e. The van der Waals surface area contributed by atoms with Crippen molar-refractivity contribution in [1.29, 1.82) is 0 Å². The molecule has 1 atom stereocenters. The van der Waals surface area contributed by atoms with Gasteiger partial charge in [0.2, 0.25) is 0 Å². The van der Waals surface area contributed by atoms with Gasteiger partial charge in [-0.3, -0.25) is 0 Å². The first-order chi connectivity index (χ1) is 9.00. The highest BCUT2D eigenvalue weighted by atomic mass is 16.2. The Morgan fingerprint density at radius 3 is 2.40 bits per heavy atom. The van der Waals surface area contributed by atoms with Crippen molar-refractivity contribution in [3.05, 3.63) is 12.2 Å². The van der Waals surface area contributed by atoms with Crippen molar-refractivity contribution >= 4 is 6.03 Å². The van der Waals surface area contributed by atoms with Crippen LogP contribution >= 0.6 is 0 Å². The number of carbonyl (C=O) groups is 1. The van der Waals surface area contributed by atoms with Gasteiger partial charge in [-0.05, 0) is 32.6 Å². The molecular formula is C14H27N5O. The van der Waals surface area contributed by atoms with E-state index in [4.69, 9.17) is 0 Å². The zero-order valence-electron chi connectivity index (χ0n) is 13.6. The van der Waals surface area contributed by atoms with Crippen LogP contribution in [0.3, 0.4) is 0 Å². The molecule has 0 bridgehead atoms. The Morgan fingerprint density at radius 2 is 1.95 bits per heavy atom. The van der Waals surface area contributed by atoms with E-state index < -0.39 is 0 Å². The predicted octanol–water partition coefficient (Wildman–Crippen LogP) is 2.39. The van der Waals surface area contributed by atoms with Crippen LogP contribution in [0, 0.1) is 5.41 Å². The Labute approximate surface area is 121 Å². The fourth-order valence-electron chi connectivity index (χ4n) is 2.66. The van der Waals surface area contributed by atoms with Gasteiger partial charge >= 0.3 is 6.03 Å². The summed E-state index contributed by atoms with van der Waals surface area (Å²) in [5.41, 5.74) is -0.103. The molecule has 0 radical (unpaired) electrons. The maximum absolute atomic E-state index is 12.1. The maximum Gasteiger partial charge on any atom is 0.315 e. The molecule has 1 rings (SSSR count). The van der Waals surface area contributed by atoms with Crippen LogP contribution in [0.4, 0.5) is 4.79 Å². The quantitative estimate of drug-likeness (QED) is 0.890. The molecule has 114 valence electrons. The summed E-state index contributed by atoms with van der Waals surface area (Å²) >= 11 is 0. The van der Waals surface area contributed by atoms with Gasteiger partial charge in [0, 0.05) is 12.6 Å². The van der Waals surface area contributed by atoms with Gasteiger partial charge in [0.15, 0.2) is 5.82 Å². The molecule has 1 aromatic rings. The number of carbonyl (C=O) groups excluding carboxylic acids is 1. The first-order valence-electron chi connectivity index (χ1n) is 6.93. The lowest BCUT2D eigenvalue weighted by Crippen LogP contribution is -2.50. The molecule has 1 unspecified atom stereocenters. The second-order valence-electron chi connectivity index (χ2n) is 7.24. The number of rotatable bonds is 4. The minimum absolute atomic E-state index is 0.159. The van der Waals surface area contributed by atoms with Crippen LogP contribution < -0.4 is 10.6 Å². The number of nitrogens with zero attached hydrogens (tertiary/aromatic N) is 3. The first kappa shape index (κ1) is 16.5. The van der Waals surface area contributed by atoms with Gasteiger partial charge in [0.1, 0.15) is 6.33 Å².